The van der Waals surface area contributed by atoms with E-state index < -0.39 is 0 Å². The Kier molecular flexibility index (Phi) is 6.25. The molecule has 68 valence electrons. The maximum absolute atomic E-state index is 3.68. The van der Waals surface area contributed by atoms with Crippen molar-refractivity contribution >= 4 is 15.9 Å². The molecular weight excluding hydrogens is 202 g/mol. The minimum atomic E-state index is 0.641. The van der Waals surface area contributed by atoms with Crippen LogP contribution in [0.25, 0.3) is 0 Å². The highest BCUT2D eigenvalue weighted by atomic mass is 79.9. The lowest BCUT2D eigenvalue weighted by atomic mass is 10.1. The van der Waals surface area contributed by atoms with Crippen LogP contribution in [0.4, 0.5) is 0 Å². The molecule has 0 saturated carbocycles. The third-order valence-corrected chi connectivity index (χ3v) is 3.71. The number of rotatable bonds is 5. The second kappa shape index (κ2) is 6.01. The fourth-order valence-corrected chi connectivity index (χ4v) is 1.70. The van der Waals surface area contributed by atoms with E-state index in [1.54, 1.807) is 0 Å². The molecule has 0 radical (unpaired) electrons. The Balaban J connectivity index is 3.86. The summed E-state index contributed by atoms with van der Waals surface area (Å²) in [5.74, 6) is 0. The Morgan fingerprint density at radius 2 is 1.64 bits per heavy atom. The lowest BCUT2D eigenvalue weighted by Gasteiger charge is -2.29. The normalized spacial score (nSPS) is 16.9. The molecule has 0 rings (SSSR count). The average Bonchev–Trinajstić information content (AvgIpc) is 2.05. The summed E-state index contributed by atoms with van der Waals surface area (Å²) in [6, 6.07) is 0.662. The molecule has 2 atom stereocenters. The van der Waals surface area contributed by atoms with Gasteiger partial charge in [-0.1, -0.05) is 36.7 Å². The minimum absolute atomic E-state index is 0.641. The summed E-state index contributed by atoms with van der Waals surface area (Å²) >= 11 is 3.68. The second-order valence-corrected chi connectivity index (χ2v) is 4.06. The molecule has 0 aromatic rings. The van der Waals surface area contributed by atoms with Gasteiger partial charge in [0.15, 0.2) is 0 Å². The molecule has 2 heteroatoms. The molecule has 0 heterocycles. The summed E-state index contributed by atoms with van der Waals surface area (Å²) in [5.41, 5.74) is 0. The predicted molar refractivity (Wildman–Crippen MR) is 55.4 cm³/mol. The van der Waals surface area contributed by atoms with Crippen LogP contribution in [0.3, 0.4) is 0 Å². The highest BCUT2D eigenvalue weighted by Crippen LogP contribution is 2.14. The maximum Gasteiger partial charge on any atom is 0.0296 e. The van der Waals surface area contributed by atoms with Crippen LogP contribution < -0.4 is 0 Å². The van der Waals surface area contributed by atoms with Gasteiger partial charge in [0.1, 0.15) is 0 Å². The van der Waals surface area contributed by atoms with E-state index in [1.165, 1.54) is 6.42 Å². The lowest BCUT2D eigenvalue weighted by molar-refractivity contribution is 0.227. The first-order valence-electron chi connectivity index (χ1n) is 4.55. The van der Waals surface area contributed by atoms with Crippen molar-refractivity contribution in [2.45, 2.75) is 45.0 Å². The van der Waals surface area contributed by atoms with Gasteiger partial charge in [-0.2, -0.15) is 0 Å². The Labute approximate surface area is 79.3 Å². The Morgan fingerprint density at radius 3 is 1.91 bits per heavy atom. The van der Waals surface area contributed by atoms with Crippen LogP contribution in [0.1, 0.15) is 34.1 Å². The van der Waals surface area contributed by atoms with Crippen LogP contribution in [0, 0.1) is 0 Å². The van der Waals surface area contributed by atoms with E-state index >= 15 is 0 Å². The molecule has 0 aromatic heterocycles. The molecule has 0 spiro atoms. The maximum atomic E-state index is 3.68. The van der Waals surface area contributed by atoms with E-state index in [4.69, 9.17) is 0 Å². The molecule has 0 fully saturated rings. The molecule has 0 amide bonds. The van der Waals surface area contributed by atoms with Gasteiger partial charge in [-0.15, -0.1) is 0 Å². The van der Waals surface area contributed by atoms with Crippen molar-refractivity contribution in [1.29, 1.82) is 0 Å². The van der Waals surface area contributed by atoms with Crippen LogP contribution in [0.2, 0.25) is 0 Å². The third-order valence-electron chi connectivity index (χ3n) is 2.30. The zero-order chi connectivity index (χ0) is 8.85. The molecule has 0 aliphatic rings. The monoisotopic (exact) mass is 221 g/mol. The highest BCUT2D eigenvalue weighted by Gasteiger charge is 2.16. The van der Waals surface area contributed by atoms with Gasteiger partial charge >= 0.3 is 0 Å². The van der Waals surface area contributed by atoms with Gasteiger partial charge in [0, 0.05) is 10.9 Å². The van der Waals surface area contributed by atoms with Gasteiger partial charge in [-0.3, -0.25) is 0 Å². The molecule has 0 aliphatic carbocycles. The first kappa shape index (κ1) is 11.4. The topological polar surface area (TPSA) is 3.24 Å². The summed E-state index contributed by atoms with van der Waals surface area (Å²) in [4.78, 5) is 3.12. The van der Waals surface area contributed by atoms with Gasteiger partial charge in [-0.25, -0.2) is 0 Å². The average molecular weight is 222 g/mol. The molecule has 0 bridgehead atoms. The van der Waals surface area contributed by atoms with E-state index in [0.717, 1.165) is 13.1 Å². The fourth-order valence-electron chi connectivity index (χ4n) is 1.37. The van der Waals surface area contributed by atoms with Crippen molar-refractivity contribution in [1.82, 2.24) is 4.90 Å². The Bertz CT molecular complexity index is 91.6. The SMILES string of the molecule is CCC(Br)C(C)N(CC)CC. The van der Waals surface area contributed by atoms with Crippen molar-refractivity contribution in [2.75, 3.05) is 13.1 Å². The number of nitrogens with zero attached hydrogens (tertiary/aromatic N) is 1. The Morgan fingerprint density at radius 1 is 1.18 bits per heavy atom. The van der Waals surface area contributed by atoms with E-state index in [9.17, 15) is 0 Å². The van der Waals surface area contributed by atoms with Crippen LogP contribution in [0.5, 0.6) is 0 Å². The smallest absolute Gasteiger partial charge is 0.0296 e. The van der Waals surface area contributed by atoms with Crippen LogP contribution >= 0.6 is 15.9 Å². The number of hydrogen-bond donors (Lipinski definition) is 0. The quantitative estimate of drug-likeness (QED) is 0.646. The van der Waals surface area contributed by atoms with Gasteiger partial charge in [0.25, 0.3) is 0 Å². The highest BCUT2D eigenvalue weighted by molar-refractivity contribution is 9.09. The molecule has 1 nitrogen and oxygen atoms in total. The summed E-state index contributed by atoms with van der Waals surface area (Å²) in [7, 11) is 0. The number of hydrogen-bond acceptors (Lipinski definition) is 1. The second-order valence-electron chi connectivity index (χ2n) is 2.89. The first-order chi connectivity index (χ1) is 5.17. The molecule has 0 aromatic carbocycles. The first-order valence-corrected chi connectivity index (χ1v) is 5.46. The van der Waals surface area contributed by atoms with Crippen LogP contribution in [-0.4, -0.2) is 28.9 Å². The van der Waals surface area contributed by atoms with Crippen molar-refractivity contribution in [3.63, 3.8) is 0 Å². The molecule has 0 saturated heterocycles. The molecule has 0 N–H and O–H groups in total. The molecule has 11 heavy (non-hydrogen) atoms. The van der Waals surface area contributed by atoms with Gasteiger partial charge < -0.3 is 4.90 Å². The zero-order valence-electron chi connectivity index (χ0n) is 8.10. The largest absolute Gasteiger partial charge is 0.300 e. The van der Waals surface area contributed by atoms with Crippen molar-refractivity contribution in [3.05, 3.63) is 0 Å². The standard InChI is InChI=1S/C9H20BrN/c1-5-9(10)8(4)11(6-2)7-3/h8-9H,5-7H2,1-4H3. The van der Waals surface area contributed by atoms with E-state index in [0.29, 0.717) is 10.9 Å². The van der Waals surface area contributed by atoms with Crippen molar-refractivity contribution in [2.24, 2.45) is 0 Å². The predicted octanol–water partition coefficient (Wildman–Crippen LogP) is 2.89. The molecular formula is C9H20BrN. The van der Waals surface area contributed by atoms with Crippen molar-refractivity contribution in [3.8, 4) is 0 Å². The fraction of sp³-hybridized carbons (Fsp3) is 1.00. The number of alkyl halides is 1. The summed E-state index contributed by atoms with van der Waals surface area (Å²) in [5, 5.41) is 0. The third kappa shape index (κ3) is 3.57. The van der Waals surface area contributed by atoms with Gasteiger partial charge in [-0.05, 0) is 26.4 Å². The van der Waals surface area contributed by atoms with E-state index in [2.05, 4.69) is 48.5 Å². The summed E-state index contributed by atoms with van der Waals surface area (Å²) in [6.45, 7) is 11.2. The molecule has 0 aliphatic heterocycles. The van der Waals surface area contributed by atoms with Crippen LogP contribution in [0.15, 0.2) is 0 Å². The van der Waals surface area contributed by atoms with E-state index in [1.807, 2.05) is 0 Å². The molecule has 2 unspecified atom stereocenters. The van der Waals surface area contributed by atoms with E-state index in [-0.39, 0.29) is 0 Å². The minimum Gasteiger partial charge on any atom is -0.300 e. The Hall–Kier alpha value is 0.440. The summed E-state index contributed by atoms with van der Waals surface area (Å²) < 4.78 is 0. The van der Waals surface area contributed by atoms with Gasteiger partial charge in [0.05, 0.1) is 0 Å². The number of halogens is 1. The lowest BCUT2D eigenvalue weighted by Crippen LogP contribution is -2.38. The summed E-state index contributed by atoms with van der Waals surface area (Å²) in [6.07, 6.45) is 1.21. The van der Waals surface area contributed by atoms with Gasteiger partial charge in [0.2, 0.25) is 0 Å². The van der Waals surface area contributed by atoms with Crippen LogP contribution in [-0.2, 0) is 0 Å². The zero-order valence-corrected chi connectivity index (χ0v) is 9.69. The van der Waals surface area contributed by atoms with Crippen molar-refractivity contribution < 1.29 is 0 Å².